The maximum Gasteiger partial charge on any atom is 0.170 e. The summed E-state index contributed by atoms with van der Waals surface area (Å²) in [7, 11) is 1.63. The zero-order valence-electron chi connectivity index (χ0n) is 11.8. The summed E-state index contributed by atoms with van der Waals surface area (Å²) in [5, 5.41) is 3.71. The van der Waals surface area contributed by atoms with Crippen molar-refractivity contribution in [3.8, 4) is 22.8 Å². The highest BCUT2D eigenvalue weighted by atomic mass is 79.9. The Labute approximate surface area is 131 Å². The van der Waals surface area contributed by atoms with Crippen LogP contribution in [0.5, 0.6) is 11.5 Å². The van der Waals surface area contributed by atoms with Gasteiger partial charge in [-0.1, -0.05) is 5.16 Å². The third-order valence-corrected chi connectivity index (χ3v) is 4.30. The Hall–Kier alpha value is -1.69. The quantitative estimate of drug-likeness (QED) is 0.899. The summed E-state index contributed by atoms with van der Waals surface area (Å²) in [5.74, 6) is 2.36. The number of methoxy groups -OCH3 is 1. The Morgan fingerprint density at radius 1 is 1.24 bits per heavy atom. The molecule has 6 heteroatoms. The number of hydrogen-bond donors (Lipinski definition) is 1. The summed E-state index contributed by atoms with van der Waals surface area (Å²) in [6.45, 7) is 0. The van der Waals surface area contributed by atoms with E-state index in [9.17, 15) is 0 Å². The molecule has 0 bridgehead atoms. The molecule has 1 aliphatic rings. The van der Waals surface area contributed by atoms with Gasteiger partial charge in [0.2, 0.25) is 0 Å². The zero-order valence-corrected chi connectivity index (χ0v) is 13.4. The lowest BCUT2D eigenvalue weighted by Gasteiger charge is -2.17. The van der Waals surface area contributed by atoms with Crippen molar-refractivity contribution < 1.29 is 14.0 Å². The van der Waals surface area contributed by atoms with Gasteiger partial charge in [0.25, 0.3) is 0 Å². The lowest BCUT2D eigenvalue weighted by molar-refractivity contribution is 0.200. The maximum absolute atomic E-state index is 6.05. The van der Waals surface area contributed by atoms with Crippen LogP contribution in [0, 0.1) is 0 Å². The van der Waals surface area contributed by atoms with Crippen LogP contribution < -0.4 is 15.2 Å². The average molecular weight is 353 g/mol. The van der Waals surface area contributed by atoms with Crippen molar-refractivity contribution in [1.29, 1.82) is 0 Å². The highest BCUT2D eigenvalue weighted by Crippen LogP contribution is 2.40. The van der Waals surface area contributed by atoms with E-state index >= 15 is 0 Å². The van der Waals surface area contributed by atoms with E-state index in [4.69, 9.17) is 19.7 Å². The molecule has 0 radical (unpaired) electrons. The van der Waals surface area contributed by atoms with Gasteiger partial charge in [-0.25, -0.2) is 0 Å². The van der Waals surface area contributed by atoms with Gasteiger partial charge < -0.3 is 19.7 Å². The first-order chi connectivity index (χ1) is 10.2. The molecule has 1 fully saturated rings. The summed E-state index contributed by atoms with van der Waals surface area (Å²) in [6.07, 6.45) is 4.92. The molecule has 1 aromatic carbocycles. The Kier molecular flexibility index (Phi) is 4.05. The summed E-state index contributed by atoms with van der Waals surface area (Å²) >= 11 is 3.54. The van der Waals surface area contributed by atoms with Crippen molar-refractivity contribution in [2.45, 2.75) is 31.8 Å². The Balaban J connectivity index is 1.93. The van der Waals surface area contributed by atoms with Crippen LogP contribution >= 0.6 is 15.9 Å². The molecule has 1 aliphatic carbocycles. The molecule has 1 aromatic heterocycles. The lowest BCUT2D eigenvalue weighted by Crippen LogP contribution is -2.11. The smallest absolute Gasteiger partial charge is 0.170 e. The highest BCUT2D eigenvalue weighted by Gasteiger charge is 2.20. The molecule has 112 valence electrons. The van der Waals surface area contributed by atoms with Crippen LogP contribution in [0.25, 0.3) is 11.3 Å². The van der Waals surface area contributed by atoms with Gasteiger partial charge in [-0.05, 0) is 53.7 Å². The van der Waals surface area contributed by atoms with E-state index < -0.39 is 0 Å². The average Bonchev–Trinajstić information content (AvgIpc) is 3.11. The molecule has 1 saturated carbocycles. The van der Waals surface area contributed by atoms with E-state index in [2.05, 4.69) is 21.1 Å². The van der Waals surface area contributed by atoms with Gasteiger partial charge in [0.1, 0.15) is 0 Å². The third kappa shape index (κ3) is 3.00. The first-order valence-corrected chi connectivity index (χ1v) is 7.73. The van der Waals surface area contributed by atoms with E-state index in [0.29, 0.717) is 17.3 Å². The van der Waals surface area contributed by atoms with Crippen molar-refractivity contribution in [2.75, 3.05) is 12.8 Å². The van der Waals surface area contributed by atoms with Crippen LogP contribution in [0.3, 0.4) is 0 Å². The molecule has 0 unspecified atom stereocenters. The van der Waals surface area contributed by atoms with Gasteiger partial charge in [-0.2, -0.15) is 0 Å². The molecule has 0 saturated heterocycles. The largest absolute Gasteiger partial charge is 0.493 e. The number of hydrogen-bond acceptors (Lipinski definition) is 5. The molecule has 0 spiro atoms. The van der Waals surface area contributed by atoms with Crippen molar-refractivity contribution >= 4 is 21.7 Å². The Bertz CT molecular complexity index is 636. The molecular formula is C15H17BrN2O3. The number of ether oxygens (including phenoxy) is 2. The normalized spacial score (nSPS) is 15.3. The number of aromatic nitrogens is 1. The van der Waals surface area contributed by atoms with Crippen LogP contribution in [0.1, 0.15) is 25.7 Å². The zero-order chi connectivity index (χ0) is 14.8. The predicted molar refractivity (Wildman–Crippen MR) is 83.5 cm³/mol. The predicted octanol–water partition coefficient (Wildman–Crippen LogP) is 4.02. The number of rotatable bonds is 4. The summed E-state index contributed by atoms with van der Waals surface area (Å²) in [5.41, 5.74) is 6.43. The highest BCUT2D eigenvalue weighted by molar-refractivity contribution is 9.10. The number of nitrogens with zero attached hydrogens (tertiary/aromatic N) is 1. The molecule has 2 aromatic rings. The van der Waals surface area contributed by atoms with Crippen LogP contribution in [-0.2, 0) is 0 Å². The second kappa shape index (κ2) is 5.97. The summed E-state index contributed by atoms with van der Waals surface area (Å²) < 4.78 is 17.5. The number of nitrogens with two attached hydrogens (primary N) is 1. The van der Waals surface area contributed by atoms with Gasteiger partial charge in [0.05, 0.1) is 13.2 Å². The minimum atomic E-state index is 0.276. The molecule has 2 N–H and O–H groups in total. The number of benzene rings is 1. The monoisotopic (exact) mass is 352 g/mol. The molecule has 21 heavy (non-hydrogen) atoms. The first kappa shape index (κ1) is 14.3. The van der Waals surface area contributed by atoms with Crippen LogP contribution in [0.15, 0.2) is 27.2 Å². The molecule has 3 rings (SSSR count). The molecule has 0 aliphatic heterocycles. The van der Waals surface area contributed by atoms with Crippen LogP contribution in [-0.4, -0.2) is 18.4 Å². The number of halogens is 1. The molecule has 0 atom stereocenters. The van der Waals surface area contributed by atoms with Crippen molar-refractivity contribution in [3.63, 3.8) is 0 Å². The van der Waals surface area contributed by atoms with Gasteiger partial charge in [0.15, 0.2) is 23.1 Å². The summed E-state index contributed by atoms with van der Waals surface area (Å²) in [6, 6.07) is 5.45. The van der Waals surface area contributed by atoms with Gasteiger partial charge in [-0.15, -0.1) is 0 Å². The van der Waals surface area contributed by atoms with Crippen molar-refractivity contribution in [2.24, 2.45) is 0 Å². The SMILES string of the molecule is COc1cc(-c2cc(N)no2)c(Br)cc1OC1CCCC1. The minimum absolute atomic E-state index is 0.276. The van der Waals surface area contributed by atoms with E-state index in [1.165, 1.54) is 12.8 Å². The molecule has 5 nitrogen and oxygen atoms in total. The van der Waals surface area contributed by atoms with E-state index in [0.717, 1.165) is 28.6 Å². The second-order valence-electron chi connectivity index (χ2n) is 5.12. The van der Waals surface area contributed by atoms with Gasteiger partial charge in [0, 0.05) is 16.1 Å². The third-order valence-electron chi connectivity index (χ3n) is 3.64. The molecular weight excluding hydrogens is 336 g/mol. The summed E-state index contributed by atoms with van der Waals surface area (Å²) in [4.78, 5) is 0. The van der Waals surface area contributed by atoms with Crippen LogP contribution in [0.2, 0.25) is 0 Å². The molecule has 0 amide bonds. The first-order valence-electron chi connectivity index (χ1n) is 6.94. The van der Waals surface area contributed by atoms with Crippen molar-refractivity contribution in [1.82, 2.24) is 5.16 Å². The fraction of sp³-hybridized carbons (Fsp3) is 0.400. The Morgan fingerprint density at radius 3 is 2.62 bits per heavy atom. The topological polar surface area (TPSA) is 70.5 Å². The van der Waals surface area contributed by atoms with E-state index in [1.807, 2.05) is 12.1 Å². The van der Waals surface area contributed by atoms with E-state index in [-0.39, 0.29) is 6.10 Å². The van der Waals surface area contributed by atoms with Gasteiger partial charge in [-0.3, -0.25) is 0 Å². The van der Waals surface area contributed by atoms with Crippen LogP contribution in [0.4, 0.5) is 5.82 Å². The number of anilines is 1. The van der Waals surface area contributed by atoms with Gasteiger partial charge >= 0.3 is 0 Å². The molecule has 1 heterocycles. The fourth-order valence-corrected chi connectivity index (χ4v) is 3.09. The Morgan fingerprint density at radius 2 is 2.00 bits per heavy atom. The standard InChI is InChI=1S/C15H17BrN2O3/c1-19-13-6-10(12-8-15(17)18-21-12)11(16)7-14(13)20-9-4-2-3-5-9/h6-9H,2-5H2,1H3,(H2,17,18). The fourth-order valence-electron chi connectivity index (χ4n) is 2.58. The number of nitrogen functional groups attached to an aromatic ring is 1. The maximum atomic E-state index is 6.05. The van der Waals surface area contributed by atoms with E-state index in [1.54, 1.807) is 13.2 Å². The second-order valence-corrected chi connectivity index (χ2v) is 5.98. The van der Waals surface area contributed by atoms with Crippen molar-refractivity contribution in [3.05, 3.63) is 22.7 Å². The lowest BCUT2D eigenvalue weighted by atomic mass is 10.1. The minimum Gasteiger partial charge on any atom is -0.493 e.